The van der Waals surface area contributed by atoms with Crippen molar-refractivity contribution in [2.45, 2.75) is 57.7 Å². The summed E-state index contributed by atoms with van der Waals surface area (Å²) in [5.41, 5.74) is 0. The molecule has 3 aliphatic carbocycles. The summed E-state index contributed by atoms with van der Waals surface area (Å²) in [6.07, 6.45) is 4.56. The van der Waals surface area contributed by atoms with Gasteiger partial charge in [-0.3, -0.25) is 9.59 Å². The molecule has 4 rings (SSSR count). The Morgan fingerprint density at radius 1 is 0.667 bits per heavy atom. The first-order valence-electron chi connectivity index (χ1n) is 8.14. The van der Waals surface area contributed by atoms with Gasteiger partial charge >= 0.3 is 0 Å². The minimum Gasteiger partial charge on any atom is -0.293 e. The summed E-state index contributed by atoms with van der Waals surface area (Å²) in [6.45, 7) is 0. The molecular weight excluding hydrogens is 430 g/mol. The minimum atomic E-state index is -0.672. The van der Waals surface area contributed by atoms with E-state index in [1.54, 1.807) is 23.5 Å². The van der Waals surface area contributed by atoms with Gasteiger partial charge in [0.2, 0.25) is 0 Å². The van der Waals surface area contributed by atoms with Crippen LogP contribution in [-0.4, -0.2) is 43.6 Å². The van der Waals surface area contributed by atoms with Gasteiger partial charge in [-0.2, -0.15) is 0 Å². The SMILES string of the molecule is O=C1C2=C(SC3CCCCC3S2)C(=O)C2C(Cl)C(Cl)C(Cl)C(Cl)C12. The number of rotatable bonds is 0. The van der Waals surface area contributed by atoms with Crippen molar-refractivity contribution >= 4 is 81.5 Å². The van der Waals surface area contributed by atoms with Gasteiger partial charge in [0.05, 0.1) is 43.2 Å². The number of allylic oxidation sites excluding steroid dienone is 2. The summed E-state index contributed by atoms with van der Waals surface area (Å²) in [7, 11) is 0. The highest BCUT2D eigenvalue weighted by atomic mass is 35.5. The Balaban J connectivity index is 1.74. The highest BCUT2D eigenvalue weighted by Gasteiger charge is 2.58. The molecule has 8 atom stereocenters. The summed E-state index contributed by atoms with van der Waals surface area (Å²) in [4.78, 5) is 27.5. The predicted molar refractivity (Wildman–Crippen MR) is 104 cm³/mol. The third-order valence-corrected chi connectivity index (χ3v) is 11.3. The second kappa shape index (κ2) is 6.83. The van der Waals surface area contributed by atoms with Gasteiger partial charge in [0.25, 0.3) is 0 Å². The number of ketones is 2. The fraction of sp³-hybridized carbons (Fsp3) is 0.750. The van der Waals surface area contributed by atoms with Gasteiger partial charge in [-0.05, 0) is 12.8 Å². The third kappa shape index (κ3) is 2.70. The summed E-state index contributed by atoms with van der Waals surface area (Å²) in [5.74, 6) is -1.44. The Morgan fingerprint density at radius 3 is 1.42 bits per heavy atom. The first kappa shape index (κ1) is 18.3. The second-order valence-electron chi connectivity index (χ2n) is 6.81. The van der Waals surface area contributed by atoms with Crippen molar-refractivity contribution in [3.8, 4) is 0 Å². The molecule has 4 aliphatic rings. The highest BCUT2D eigenvalue weighted by molar-refractivity contribution is 8.12. The molecule has 8 heteroatoms. The summed E-state index contributed by atoms with van der Waals surface area (Å²) >= 11 is 28.6. The van der Waals surface area contributed by atoms with Gasteiger partial charge < -0.3 is 0 Å². The maximum Gasteiger partial charge on any atom is 0.175 e. The molecule has 1 aliphatic heterocycles. The molecule has 0 radical (unpaired) electrons. The zero-order valence-corrected chi connectivity index (χ0v) is 17.2. The largest absolute Gasteiger partial charge is 0.293 e. The fourth-order valence-corrected chi connectivity index (χ4v) is 9.07. The molecule has 0 aromatic carbocycles. The molecule has 0 amide bonds. The average Bonchev–Trinajstić information content (AvgIpc) is 2.59. The zero-order chi connectivity index (χ0) is 17.2. The Labute approximate surface area is 169 Å². The highest BCUT2D eigenvalue weighted by Crippen LogP contribution is 2.56. The van der Waals surface area contributed by atoms with E-state index in [1.165, 1.54) is 12.8 Å². The molecular formula is C16H16Cl4O2S2. The van der Waals surface area contributed by atoms with Crippen molar-refractivity contribution in [3.63, 3.8) is 0 Å². The summed E-state index contributed by atoms with van der Waals surface area (Å²) in [6, 6.07) is 0. The van der Waals surface area contributed by atoms with Crippen molar-refractivity contribution in [1.82, 2.24) is 0 Å². The number of carbonyl (C=O) groups is 2. The van der Waals surface area contributed by atoms with E-state index in [-0.39, 0.29) is 11.6 Å². The van der Waals surface area contributed by atoms with Gasteiger partial charge in [0.15, 0.2) is 11.6 Å². The standard InChI is InChI=1S/C16H16Cl4O2S2/c17-9-7-8(10(18)12(20)11(9)19)14(22)16-15(13(7)21)23-5-3-1-2-4-6(5)24-16/h5-12H,1-4H2. The van der Waals surface area contributed by atoms with Crippen LogP contribution in [0.5, 0.6) is 0 Å². The Morgan fingerprint density at radius 2 is 1.04 bits per heavy atom. The molecule has 2 saturated carbocycles. The van der Waals surface area contributed by atoms with Crippen molar-refractivity contribution in [2.75, 3.05) is 0 Å². The average molecular weight is 446 g/mol. The summed E-state index contributed by atoms with van der Waals surface area (Å²) < 4.78 is 0. The first-order valence-corrected chi connectivity index (χ1v) is 11.6. The second-order valence-corrected chi connectivity index (χ2v) is 11.3. The van der Waals surface area contributed by atoms with Crippen molar-refractivity contribution < 1.29 is 9.59 Å². The van der Waals surface area contributed by atoms with E-state index in [1.807, 2.05) is 0 Å². The van der Waals surface area contributed by atoms with Gasteiger partial charge in [-0.1, -0.05) is 12.8 Å². The molecule has 2 fully saturated rings. The monoisotopic (exact) mass is 444 g/mol. The van der Waals surface area contributed by atoms with Crippen LogP contribution in [0.2, 0.25) is 0 Å². The fourth-order valence-electron chi connectivity index (χ4n) is 4.14. The van der Waals surface area contributed by atoms with Crippen LogP contribution in [0.3, 0.4) is 0 Å². The van der Waals surface area contributed by atoms with Crippen molar-refractivity contribution in [1.29, 1.82) is 0 Å². The maximum atomic E-state index is 13.1. The van der Waals surface area contributed by atoms with E-state index in [4.69, 9.17) is 46.4 Å². The number of hydrogen-bond acceptors (Lipinski definition) is 4. The predicted octanol–water partition coefficient (Wildman–Crippen LogP) is 4.82. The van der Waals surface area contributed by atoms with Crippen LogP contribution in [0, 0.1) is 11.8 Å². The van der Waals surface area contributed by atoms with Crippen LogP contribution in [0.4, 0.5) is 0 Å². The van der Waals surface area contributed by atoms with Crippen LogP contribution in [-0.2, 0) is 9.59 Å². The normalized spacial score (nSPS) is 48.7. The van der Waals surface area contributed by atoms with Crippen LogP contribution < -0.4 is 0 Å². The number of halogens is 4. The van der Waals surface area contributed by atoms with Crippen molar-refractivity contribution in [3.05, 3.63) is 9.81 Å². The van der Waals surface area contributed by atoms with Crippen LogP contribution >= 0.6 is 69.9 Å². The number of hydrogen-bond donors (Lipinski definition) is 0. The molecule has 24 heavy (non-hydrogen) atoms. The number of thioether (sulfide) groups is 2. The smallest absolute Gasteiger partial charge is 0.175 e. The van der Waals surface area contributed by atoms with Crippen LogP contribution in [0.25, 0.3) is 0 Å². The Kier molecular flexibility index (Phi) is 5.21. The Bertz CT molecular complexity index is 573. The van der Waals surface area contributed by atoms with Gasteiger partial charge in [-0.25, -0.2) is 0 Å². The molecule has 2 nitrogen and oxygen atoms in total. The van der Waals surface area contributed by atoms with E-state index < -0.39 is 33.3 Å². The molecule has 0 spiro atoms. The third-order valence-electron chi connectivity index (χ3n) is 5.43. The molecule has 0 saturated heterocycles. The van der Waals surface area contributed by atoms with E-state index in [9.17, 15) is 9.59 Å². The zero-order valence-electron chi connectivity index (χ0n) is 12.6. The lowest BCUT2D eigenvalue weighted by Crippen LogP contribution is -2.58. The van der Waals surface area contributed by atoms with E-state index in [0.717, 1.165) is 12.8 Å². The topological polar surface area (TPSA) is 34.1 Å². The van der Waals surface area contributed by atoms with Crippen LogP contribution in [0.1, 0.15) is 25.7 Å². The molecule has 0 aromatic rings. The molecule has 0 bridgehead atoms. The summed E-state index contributed by atoms with van der Waals surface area (Å²) in [5, 5.41) is -1.77. The number of alkyl halides is 4. The minimum absolute atomic E-state index is 0.0593. The van der Waals surface area contributed by atoms with E-state index in [0.29, 0.717) is 20.3 Å². The van der Waals surface area contributed by atoms with Gasteiger partial charge in [0, 0.05) is 10.5 Å². The Hall–Kier alpha value is 0.940. The number of Topliss-reactive ketones (excluding diaryl/α,β-unsaturated/α-hetero) is 2. The van der Waals surface area contributed by atoms with Gasteiger partial charge in [0.1, 0.15) is 0 Å². The first-order chi connectivity index (χ1) is 11.4. The molecule has 1 heterocycles. The number of carbonyl (C=O) groups excluding carboxylic acids is 2. The molecule has 0 aromatic heterocycles. The molecule has 0 N–H and O–H groups in total. The van der Waals surface area contributed by atoms with E-state index >= 15 is 0 Å². The molecule has 8 unspecified atom stereocenters. The van der Waals surface area contributed by atoms with E-state index in [2.05, 4.69) is 0 Å². The van der Waals surface area contributed by atoms with Crippen molar-refractivity contribution in [2.24, 2.45) is 11.8 Å². The lowest BCUT2D eigenvalue weighted by atomic mass is 9.71. The quantitative estimate of drug-likeness (QED) is 0.500. The van der Waals surface area contributed by atoms with Gasteiger partial charge in [-0.15, -0.1) is 69.9 Å². The maximum absolute atomic E-state index is 13.1. The lowest BCUT2D eigenvalue weighted by Gasteiger charge is -2.47. The lowest BCUT2D eigenvalue weighted by molar-refractivity contribution is -0.130. The number of fused-ring (bicyclic) bond motifs is 2. The van der Waals surface area contributed by atoms with Crippen LogP contribution in [0.15, 0.2) is 9.81 Å². The molecule has 132 valence electrons.